The molecule has 0 unspecified atom stereocenters. The largest absolute Gasteiger partial charge is 0.392 e. The molecular formula is C9H13Cl2N3O. The van der Waals surface area contributed by atoms with Crippen LogP contribution in [0.5, 0.6) is 0 Å². The summed E-state index contributed by atoms with van der Waals surface area (Å²) in [4.78, 5) is 6.12. The molecule has 0 bridgehead atoms. The molecule has 84 valence electrons. The van der Waals surface area contributed by atoms with Gasteiger partial charge in [-0.1, -0.05) is 11.6 Å². The Balaban J connectivity index is 2.10. The first-order chi connectivity index (χ1) is 7.08. The summed E-state index contributed by atoms with van der Waals surface area (Å²) in [5.41, 5.74) is 0.899. The van der Waals surface area contributed by atoms with Crippen LogP contribution >= 0.6 is 23.2 Å². The number of likely N-dealkylation sites (tertiary alicyclic amines) is 1. The third-order valence-corrected chi connectivity index (χ3v) is 3.37. The van der Waals surface area contributed by atoms with Crippen LogP contribution in [-0.4, -0.2) is 38.8 Å². The highest BCUT2D eigenvalue weighted by Crippen LogP contribution is 2.22. The summed E-state index contributed by atoms with van der Waals surface area (Å²) >= 11 is 11.8. The Bertz CT molecular complexity index is 366. The van der Waals surface area contributed by atoms with Crippen molar-refractivity contribution in [2.24, 2.45) is 7.05 Å². The van der Waals surface area contributed by atoms with E-state index in [0.29, 0.717) is 23.5 Å². The second kappa shape index (κ2) is 4.29. The van der Waals surface area contributed by atoms with Crippen LogP contribution in [-0.2, 0) is 13.6 Å². The molecule has 1 aliphatic rings. The molecule has 0 aromatic carbocycles. The molecule has 1 atom stereocenters. The number of β-amino-alcohol motifs (C(OH)–C–C–N with tert-alkyl or cyclic N) is 1. The predicted molar refractivity (Wildman–Crippen MR) is 59.1 cm³/mol. The van der Waals surface area contributed by atoms with Crippen LogP contribution < -0.4 is 0 Å². The van der Waals surface area contributed by atoms with E-state index >= 15 is 0 Å². The highest BCUT2D eigenvalue weighted by atomic mass is 35.5. The van der Waals surface area contributed by atoms with Gasteiger partial charge in [0, 0.05) is 26.7 Å². The Morgan fingerprint density at radius 1 is 1.53 bits per heavy atom. The van der Waals surface area contributed by atoms with Gasteiger partial charge in [0.1, 0.15) is 0 Å². The lowest BCUT2D eigenvalue weighted by molar-refractivity contribution is 0.174. The van der Waals surface area contributed by atoms with Gasteiger partial charge in [-0.15, -0.1) is 0 Å². The van der Waals surface area contributed by atoms with Crippen molar-refractivity contribution in [2.75, 3.05) is 13.1 Å². The summed E-state index contributed by atoms with van der Waals surface area (Å²) in [6, 6.07) is 0. The molecular weight excluding hydrogens is 237 g/mol. The van der Waals surface area contributed by atoms with Crippen molar-refractivity contribution in [3.63, 3.8) is 0 Å². The van der Waals surface area contributed by atoms with Gasteiger partial charge in [-0.2, -0.15) is 0 Å². The topological polar surface area (TPSA) is 41.3 Å². The Morgan fingerprint density at radius 2 is 2.27 bits per heavy atom. The van der Waals surface area contributed by atoms with Crippen molar-refractivity contribution in [1.82, 2.24) is 14.5 Å². The van der Waals surface area contributed by atoms with E-state index in [-0.39, 0.29) is 6.10 Å². The normalized spacial score (nSPS) is 22.5. The summed E-state index contributed by atoms with van der Waals surface area (Å²) in [5, 5.41) is 10.2. The fourth-order valence-corrected chi connectivity index (χ4v) is 2.31. The highest BCUT2D eigenvalue weighted by molar-refractivity contribution is 6.32. The Hall–Kier alpha value is -0.290. The standard InChI is InChI=1S/C9H13Cl2N3O/c1-13-7(8(10)12-9(13)11)5-14-3-2-6(15)4-14/h6,15H,2-5H2,1H3/t6-/m1/s1. The van der Waals surface area contributed by atoms with Crippen molar-refractivity contribution in [1.29, 1.82) is 0 Å². The van der Waals surface area contributed by atoms with Crippen molar-refractivity contribution in [2.45, 2.75) is 19.1 Å². The van der Waals surface area contributed by atoms with Gasteiger partial charge in [0.25, 0.3) is 0 Å². The molecule has 0 aliphatic carbocycles. The summed E-state index contributed by atoms with van der Waals surface area (Å²) < 4.78 is 1.77. The lowest BCUT2D eigenvalue weighted by Gasteiger charge is -2.15. The minimum atomic E-state index is -0.215. The van der Waals surface area contributed by atoms with Gasteiger partial charge in [-0.05, 0) is 18.0 Å². The first-order valence-electron chi connectivity index (χ1n) is 4.85. The van der Waals surface area contributed by atoms with Crippen molar-refractivity contribution < 1.29 is 5.11 Å². The van der Waals surface area contributed by atoms with Crippen molar-refractivity contribution in [3.8, 4) is 0 Å². The number of halogens is 2. The molecule has 1 aliphatic heterocycles. The molecule has 2 rings (SSSR count). The first-order valence-corrected chi connectivity index (χ1v) is 5.60. The molecule has 0 spiro atoms. The maximum absolute atomic E-state index is 9.40. The zero-order valence-electron chi connectivity index (χ0n) is 8.45. The minimum Gasteiger partial charge on any atom is -0.392 e. The number of rotatable bonds is 2. The number of hydrogen-bond acceptors (Lipinski definition) is 3. The quantitative estimate of drug-likeness (QED) is 0.860. The molecule has 1 saturated heterocycles. The smallest absolute Gasteiger partial charge is 0.204 e. The number of aromatic nitrogens is 2. The SMILES string of the molecule is Cn1c(Cl)nc(Cl)c1CN1CC[C@@H](O)C1. The maximum atomic E-state index is 9.40. The van der Waals surface area contributed by atoms with Crippen molar-refractivity contribution in [3.05, 3.63) is 16.1 Å². The third kappa shape index (κ3) is 2.28. The molecule has 15 heavy (non-hydrogen) atoms. The number of imidazole rings is 1. The van der Waals surface area contributed by atoms with E-state index in [4.69, 9.17) is 23.2 Å². The fraction of sp³-hybridized carbons (Fsp3) is 0.667. The number of hydrogen-bond donors (Lipinski definition) is 1. The van der Waals surface area contributed by atoms with Crippen LogP contribution in [0.25, 0.3) is 0 Å². The van der Waals surface area contributed by atoms with Crippen LogP contribution in [0.3, 0.4) is 0 Å². The molecule has 1 aromatic rings. The van der Waals surface area contributed by atoms with Gasteiger partial charge < -0.3 is 9.67 Å². The van der Waals surface area contributed by atoms with Crippen LogP contribution in [0.4, 0.5) is 0 Å². The van der Waals surface area contributed by atoms with E-state index in [0.717, 1.165) is 18.7 Å². The zero-order valence-corrected chi connectivity index (χ0v) is 9.96. The van der Waals surface area contributed by atoms with Gasteiger partial charge in [-0.3, -0.25) is 4.90 Å². The summed E-state index contributed by atoms with van der Waals surface area (Å²) in [6.45, 7) is 2.27. The number of nitrogens with zero attached hydrogens (tertiary/aromatic N) is 3. The molecule has 0 amide bonds. The molecule has 2 heterocycles. The van der Waals surface area contributed by atoms with E-state index in [9.17, 15) is 5.11 Å². The van der Waals surface area contributed by atoms with Crippen LogP contribution in [0.1, 0.15) is 12.1 Å². The maximum Gasteiger partial charge on any atom is 0.204 e. The molecule has 1 N–H and O–H groups in total. The monoisotopic (exact) mass is 249 g/mol. The Morgan fingerprint density at radius 3 is 2.73 bits per heavy atom. The van der Waals surface area contributed by atoms with Crippen LogP contribution in [0.2, 0.25) is 10.4 Å². The van der Waals surface area contributed by atoms with Gasteiger partial charge >= 0.3 is 0 Å². The zero-order chi connectivity index (χ0) is 11.0. The Kier molecular flexibility index (Phi) is 3.21. The lowest BCUT2D eigenvalue weighted by Crippen LogP contribution is -2.22. The summed E-state index contributed by atoms with van der Waals surface area (Å²) in [6.07, 6.45) is 0.607. The third-order valence-electron chi connectivity index (χ3n) is 2.73. The van der Waals surface area contributed by atoms with E-state index in [1.54, 1.807) is 4.57 Å². The first kappa shape index (κ1) is 11.2. The van der Waals surface area contributed by atoms with Gasteiger partial charge in [-0.25, -0.2) is 4.98 Å². The number of aliphatic hydroxyl groups excluding tert-OH is 1. The van der Waals surface area contributed by atoms with Crippen LogP contribution in [0, 0.1) is 0 Å². The molecule has 0 saturated carbocycles. The summed E-state index contributed by atoms with van der Waals surface area (Å²) in [7, 11) is 1.84. The molecule has 6 heteroatoms. The molecule has 1 aromatic heterocycles. The second-order valence-electron chi connectivity index (χ2n) is 3.85. The molecule has 1 fully saturated rings. The van der Waals surface area contributed by atoms with E-state index in [2.05, 4.69) is 9.88 Å². The lowest BCUT2D eigenvalue weighted by atomic mass is 10.3. The van der Waals surface area contributed by atoms with Crippen LogP contribution in [0.15, 0.2) is 0 Å². The van der Waals surface area contributed by atoms with Gasteiger partial charge in [0.15, 0.2) is 5.15 Å². The van der Waals surface area contributed by atoms with Crippen molar-refractivity contribution >= 4 is 23.2 Å². The van der Waals surface area contributed by atoms with E-state index in [1.807, 2.05) is 7.05 Å². The van der Waals surface area contributed by atoms with E-state index in [1.165, 1.54) is 0 Å². The second-order valence-corrected chi connectivity index (χ2v) is 4.55. The fourth-order valence-electron chi connectivity index (χ4n) is 1.81. The number of aliphatic hydroxyl groups is 1. The van der Waals surface area contributed by atoms with E-state index < -0.39 is 0 Å². The van der Waals surface area contributed by atoms with Gasteiger partial charge in [0.2, 0.25) is 5.28 Å². The molecule has 0 radical (unpaired) electrons. The highest BCUT2D eigenvalue weighted by Gasteiger charge is 2.22. The van der Waals surface area contributed by atoms with Gasteiger partial charge in [0.05, 0.1) is 11.8 Å². The predicted octanol–water partition coefficient (Wildman–Crippen LogP) is 1.29. The Labute approximate surface area is 98.4 Å². The average molecular weight is 250 g/mol. The molecule has 4 nitrogen and oxygen atoms in total. The average Bonchev–Trinajstić information content (AvgIpc) is 2.67. The minimum absolute atomic E-state index is 0.215. The summed E-state index contributed by atoms with van der Waals surface area (Å²) in [5.74, 6) is 0.